The number of aliphatic carboxylic acids is 1. The zero-order valence-corrected chi connectivity index (χ0v) is 21.7. The van der Waals surface area contributed by atoms with Crippen molar-refractivity contribution in [2.45, 2.75) is 31.7 Å². The molecule has 8 rings (SSSR count). The molecule has 3 N–H and O–H groups in total. The van der Waals surface area contributed by atoms with Crippen molar-refractivity contribution in [1.82, 2.24) is 19.9 Å². The van der Waals surface area contributed by atoms with E-state index in [1.54, 1.807) is 6.20 Å². The smallest absolute Gasteiger partial charge is 0.308 e. The molecule has 3 aliphatic carbocycles. The minimum atomic E-state index is -0.754. The first-order valence-electron chi connectivity index (χ1n) is 13.7. The van der Waals surface area contributed by atoms with Gasteiger partial charge in [0.1, 0.15) is 17.3 Å². The molecular formula is C32H28FN5O2. The standard InChI is InChI=1S/C32H28FN5O2/c33-23-14-24-25(17-35-30(24)34-16-23)31-36-26(20-8-6-19(7-9-20)18-4-2-1-3-5-18)15-27(38-31)37-29-22-12-10-21(11-13-22)28(29)32(39)40/h1-9,14-17,21-22,28-29H,10-13H2,(H,34,35)(H,39,40)(H,36,37,38)/t21?,22?,28-,29-/m0/s1. The molecular weight excluding hydrogens is 505 g/mol. The van der Waals surface area contributed by atoms with Crippen molar-refractivity contribution < 1.29 is 14.3 Å². The maximum absolute atomic E-state index is 14.1. The molecule has 3 heterocycles. The molecule has 3 saturated carbocycles. The Morgan fingerprint density at radius 1 is 0.900 bits per heavy atom. The molecule has 0 radical (unpaired) electrons. The minimum Gasteiger partial charge on any atom is -0.481 e. The van der Waals surface area contributed by atoms with E-state index in [1.165, 1.54) is 12.3 Å². The number of carbonyl (C=O) groups is 1. The fourth-order valence-corrected chi connectivity index (χ4v) is 6.60. The van der Waals surface area contributed by atoms with Gasteiger partial charge in [0, 0.05) is 34.8 Å². The number of nitrogens with zero attached hydrogens (tertiary/aromatic N) is 3. The molecule has 7 nitrogen and oxygen atoms in total. The van der Waals surface area contributed by atoms with Gasteiger partial charge in [-0.25, -0.2) is 19.3 Å². The summed E-state index contributed by atoms with van der Waals surface area (Å²) in [6, 6.07) is 21.4. The topological polar surface area (TPSA) is 104 Å². The lowest BCUT2D eigenvalue weighted by Gasteiger charge is -2.47. The number of rotatable bonds is 6. The summed E-state index contributed by atoms with van der Waals surface area (Å²) >= 11 is 0. The van der Waals surface area contributed by atoms with E-state index in [1.807, 2.05) is 36.4 Å². The molecule has 5 aromatic rings. The van der Waals surface area contributed by atoms with Crippen LogP contribution in [-0.4, -0.2) is 37.1 Å². The second kappa shape index (κ2) is 9.86. The van der Waals surface area contributed by atoms with Crippen LogP contribution in [0.1, 0.15) is 25.7 Å². The Morgan fingerprint density at radius 3 is 2.35 bits per heavy atom. The Hall–Kier alpha value is -4.59. The molecule has 2 bridgehead atoms. The molecule has 2 aromatic carbocycles. The van der Waals surface area contributed by atoms with Crippen molar-refractivity contribution in [1.29, 1.82) is 0 Å². The van der Waals surface area contributed by atoms with Gasteiger partial charge in [0.05, 0.1) is 17.8 Å². The molecule has 8 heteroatoms. The summed E-state index contributed by atoms with van der Waals surface area (Å²) in [6.07, 6.45) is 6.87. The minimum absolute atomic E-state index is 0.175. The Bertz CT molecular complexity index is 1690. The highest BCUT2D eigenvalue weighted by atomic mass is 19.1. The summed E-state index contributed by atoms with van der Waals surface area (Å²) in [4.78, 5) is 29.3. The lowest BCUT2D eigenvalue weighted by atomic mass is 9.61. The molecule has 3 fully saturated rings. The first kappa shape index (κ1) is 24.5. The average Bonchev–Trinajstić information content (AvgIpc) is 3.41. The average molecular weight is 534 g/mol. The quantitative estimate of drug-likeness (QED) is 0.222. The van der Waals surface area contributed by atoms with Gasteiger partial charge >= 0.3 is 5.97 Å². The SMILES string of the molecule is O=C(O)[C@H]1C2CCC(CC2)[C@@H]1Nc1cc(-c2ccc(-c3ccccc3)cc2)nc(-c2c[nH]c3ncc(F)cc23)n1. The highest BCUT2D eigenvalue weighted by Crippen LogP contribution is 2.46. The lowest BCUT2D eigenvalue weighted by Crippen LogP contribution is -2.51. The number of carboxylic acid groups (broad SMARTS) is 1. The second-order valence-electron chi connectivity index (χ2n) is 10.9. The van der Waals surface area contributed by atoms with Crippen molar-refractivity contribution in [2.75, 3.05) is 5.32 Å². The molecule has 2 atom stereocenters. The Balaban J connectivity index is 1.31. The van der Waals surface area contributed by atoms with Gasteiger partial charge < -0.3 is 15.4 Å². The summed E-state index contributed by atoms with van der Waals surface area (Å²) in [5, 5.41) is 14.2. The van der Waals surface area contributed by atoms with Gasteiger partial charge in [-0.1, -0.05) is 54.6 Å². The van der Waals surface area contributed by atoms with Gasteiger partial charge in [0.25, 0.3) is 0 Å². The molecule has 0 aliphatic heterocycles. The number of aromatic nitrogens is 4. The fourth-order valence-electron chi connectivity index (χ4n) is 6.60. The summed E-state index contributed by atoms with van der Waals surface area (Å²) in [7, 11) is 0. The van der Waals surface area contributed by atoms with Gasteiger partial charge in [-0.2, -0.15) is 0 Å². The Kier molecular flexibility index (Phi) is 6.03. The van der Waals surface area contributed by atoms with Crippen molar-refractivity contribution in [2.24, 2.45) is 17.8 Å². The van der Waals surface area contributed by atoms with Crippen molar-refractivity contribution in [3.05, 3.63) is 84.9 Å². The Morgan fingerprint density at radius 2 is 1.60 bits per heavy atom. The second-order valence-corrected chi connectivity index (χ2v) is 10.9. The van der Waals surface area contributed by atoms with Gasteiger partial charge in [-0.15, -0.1) is 0 Å². The van der Waals surface area contributed by atoms with Crippen LogP contribution in [-0.2, 0) is 4.79 Å². The third kappa shape index (κ3) is 4.39. The third-order valence-electron chi connectivity index (χ3n) is 8.57. The largest absolute Gasteiger partial charge is 0.481 e. The third-order valence-corrected chi connectivity index (χ3v) is 8.57. The van der Waals surface area contributed by atoms with Crippen LogP contribution in [0, 0.1) is 23.6 Å². The number of benzene rings is 2. The molecule has 3 aromatic heterocycles. The number of carboxylic acids is 1. The Labute approximate surface area is 230 Å². The normalized spacial score (nSPS) is 21.9. The number of H-pyrrole nitrogens is 1. The number of hydrogen-bond donors (Lipinski definition) is 3. The van der Waals surface area contributed by atoms with Crippen LogP contribution >= 0.6 is 0 Å². The van der Waals surface area contributed by atoms with Crippen LogP contribution in [0.5, 0.6) is 0 Å². The number of aromatic amines is 1. The number of nitrogens with one attached hydrogen (secondary N) is 2. The van der Waals surface area contributed by atoms with E-state index in [-0.39, 0.29) is 17.9 Å². The van der Waals surface area contributed by atoms with Gasteiger partial charge in [0.15, 0.2) is 5.82 Å². The molecule has 0 unspecified atom stereocenters. The molecule has 0 amide bonds. The van der Waals surface area contributed by atoms with E-state index >= 15 is 0 Å². The zero-order chi connectivity index (χ0) is 27.2. The monoisotopic (exact) mass is 533 g/mol. The number of halogens is 1. The van der Waals surface area contributed by atoms with Crippen LogP contribution in [0.15, 0.2) is 79.1 Å². The van der Waals surface area contributed by atoms with Crippen LogP contribution in [0.4, 0.5) is 10.2 Å². The van der Waals surface area contributed by atoms with Gasteiger partial charge in [0.2, 0.25) is 0 Å². The molecule has 3 aliphatic rings. The van der Waals surface area contributed by atoms with Crippen molar-refractivity contribution >= 4 is 22.8 Å². The molecule has 0 saturated heterocycles. The summed E-state index contributed by atoms with van der Waals surface area (Å²) in [6.45, 7) is 0. The first-order chi connectivity index (χ1) is 19.5. The van der Waals surface area contributed by atoms with E-state index in [0.717, 1.165) is 42.4 Å². The van der Waals surface area contributed by atoms with Gasteiger partial charge in [-0.05, 0) is 54.7 Å². The summed E-state index contributed by atoms with van der Waals surface area (Å²) in [5.41, 5.74) is 4.99. The predicted molar refractivity (Wildman–Crippen MR) is 152 cm³/mol. The maximum atomic E-state index is 14.1. The van der Waals surface area contributed by atoms with E-state index in [4.69, 9.17) is 9.97 Å². The molecule has 200 valence electrons. The zero-order valence-electron chi connectivity index (χ0n) is 21.7. The van der Waals surface area contributed by atoms with Crippen LogP contribution in [0.25, 0.3) is 44.8 Å². The van der Waals surface area contributed by atoms with E-state index in [0.29, 0.717) is 33.9 Å². The van der Waals surface area contributed by atoms with E-state index in [2.05, 4.69) is 39.6 Å². The highest BCUT2D eigenvalue weighted by molar-refractivity contribution is 5.92. The van der Waals surface area contributed by atoms with E-state index in [9.17, 15) is 14.3 Å². The number of anilines is 1. The first-order valence-corrected chi connectivity index (χ1v) is 13.7. The number of hydrogen-bond acceptors (Lipinski definition) is 5. The molecule has 40 heavy (non-hydrogen) atoms. The maximum Gasteiger partial charge on any atom is 0.308 e. The summed E-state index contributed by atoms with van der Waals surface area (Å²) < 4.78 is 14.1. The van der Waals surface area contributed by atoms with Crippen molar-refractivity contribution in [3.63, 3.8) is 0 Å². The number of pyridine rings is 1. The lowest BCUT2D eigenvalue weighted by molar-refractivity contribution is -0.148. The highest BCUT2D eigenvalue weighted by Gasteiger charge is 2.47. The molecule has 0 spiro atoms. The van der Waals surface area contributed by atoms with Crippen molar-refractivity contribution in [3.8, 4) is 33.8 Å². The van der Waals surface area contributed by atoms with Gasteiger partial charge in [-0.3, -0.25) is 4.79 Å². The van der Waals surface area contributed by atoms with Crippen LogP contribution in [0.2, 0.25) is 0 Å². The summed E-state index contributed by atoms with van der Waals surface area (Å²) in [5.74, 6) is -0.212. The predicted octanol–water partition coefficient (Wildman–Crippen LogP) is 6.79. The van der Waals surface area contributed by atoms with Crippen LogP contribution in [0.3, 0.4) is 0 Å². The number of fused-ring (bicyclic) bond motifs is 4. The fraction of sp³-hybridized carbons (Fsp3) is 0.250. The van der Waals surface area contributed by atoms with Crippen LogP contribution < -0.4 is 5.32 Å². The van der Waals surface area contributed by atoms with E-state index < -0.39 is 17.7 Å².